The molecule has 0 heterocycles. The molecule has 2 N–H and O–H groups in total. The van der Waals surface area contributed by atoms with E-state index in [2.05, 4.69) is 14.8 Å². The van der Waals surface area contributed by atoms with Crippen LogP contribution in [0.25, 0.3) is 0 Å². The van der Waals surface area contributed by atoms with Crippen molar-refractivity contribution in [3.63, 3.8) is 0 Å². The Balaban J connectivity index is 1.95. The lowest BCUT2D eigenvalue weighted by Gasteiger charge is -2.37. The molecule has 0 atom stereocenters. The van der Waals surface area contributed by atoms with Gasteiger partial charge in [0.25, 0.3) is 5.91 Å². The lowest BCUT2D eigenvalue weighted by atomic mass is 9.77. The standard InChI is InChI=1S/C32H21F10NO6/c33-26-12-9-19(13-25(26)30(34,35)36)28(46)43-29(20-3-1-5-23(14-20)48-31(37,38)39,21-4-2-6-24(15-21)49-32(40,41)42)16-18-7-10-22(11-8-18)47-17-27(44)45/h1-15H,16-17H2,(H,43,46)(H,44,45). The summed E-state index contributed by atoms with van der Waals surface area (Å²) in [6.45, 7) is -0.727. The van der Waals surface area contributed by atoms with Gasteiger partial charge in [-0.05, 0) is 71.3 Å². The van der Waals surface area contributed by atoms with Crippen LogP contribution in [0.3, 0.4) is 0 Å². The molecule has 0 spiro atoms. The number of hydrogen-bond acceptors (Lipinski definition) is 5. The van der Waals surface area contributed by atoms with Crippen molar-refractivity contribution in [2.24, 2.45) is 0 Å². The smallest absolute Gasteiger partial charge is 0.482 e. The number of carboxylic acid groups (broad SMARTS) is 1. The maximum Gasteiger partial charge on any atom is 0.573 e. The van der Waals surface area contributed by atoms with Gasteiger partial charge >= 0.3 is 24.9 Å². The average molecular weight is 706 g/mol. The highest BCUT2D eigenvalue weighted by atomic mass is 19.4. The molecule has 0 bridgehead atoms. The Morgan fingerprint density at radius 1 is 0.673 bits per heavy atom. The Bertz CT molecular complexity index is 1740. The minimum Gasteiger partial charge on any atom is -0.482 e. The number of amides is 1. The summed E-state index contributed by atoms with van der Waals surface area (Å²) in [5.41, 5.74) is -5.08. The molecule has 4 rings (SSSR count). The molecule has 0 fully saturated rings. The largest absolute Gasteiger partial charge is 0.573 e. The third kappa shape index (κ3) is 9.77. The highest BCUT2D eigenvalue weighted by Crippen LogP contribution is 2.39. The van der Waals surface area contributed by atoms with Gasteiger partial charge in [-0.2, -0.15) is 13.2 Å². The monoisotopic (exact) mass is 705 g/mol. The van der Waals surface area contributed by atoms with Gasteiger partial charge in [-0.15, -0.1) is 26.3 Å². The maximum atomic E-state index is 14.1. The Morgan fingerprint density at radius 2 is 1.20 bits per heavy atom. The lowest BCUT2D eigenvalue weighted by molar-refractivity contribution is -0.275. The van der Waals surface area contributed by atoms with Crippen molar-refractivity contribution in [1.82, 2.24) is 5.32 Å². The van der Waals surface area contributed by atoms with Gasteiger partial charge in [0.15, 0.2) is 6.61 Å². The van der Waals surface area contributed by atoms with Crippen LogP contribution in [0.4, 0.5) is 43.9 Å². The summed E-state index contributed by atoms with van der Waals surface area (Å²) in [5, 5.41) is 11.3. The zero-order valence-electron chi connectivity index (χ0n) is 24.3. The van der Waals surface area contributed by atoms with Crippen LogP contribution in [0.5, 0.6) is 17.2 Å². The van der Waals surface area contributed by atoms with Gasteiger partial charge in [0, 0.05) is 12.0 Å². The van der Waals surface area contributed by atoms with E-state index in [1.165, 1.54) is 36.4 Å². The van der Waals surface area contributed by atoms with Crippen molar-refractivity contribution in [1.29, 1.82) is 0 Å². The SMILES string of the molecule is O=C(O)COc1ccc(CC(NC(=O)c2ccc(F)c(C(F)(F)F)c2)(c2cccc(OC(F)(F)F)c2)c2cccc(OC(F)(F)F)c2)cc1. The van der Waals surface area contributed by atoms with E-state index in [1.54, 1.807) is 0 Å². The normalized spacial score (nSPS) is 12.3. The third-order valence-corrected chi connectivity index (χ3v) is 6.74. The third-order valence-electron chi connectivity index (χ3n) is 6.74. The van der Waals surface area contributed by atoms with Crippen molar-refractivity contribution in [2.75, 3.05) is 6.61 Å². The number of halogens is 10. The molecule has 0 radical (unpaired) electrons. The quantitative estimate of drug-likeness (QED) is 0.154. The summed E-state index contributed by atoms with van der Waals surface area (Å²) in [6.07, 6.45) is -16.2. The van der Waals surface area contributed by atoms with Gasteiger partial charge in [-0.25, -0.2) is 9.18 Å². The van der Waals surface area contributed by atoms with E-state index >= 15 is 0 Å². The van der Waals surface area contributed by atoms with Gasteiger partial charge < -0.3 is 24.6 Å². The van der Waals surface area contributed by atoms with Gasteiger partial charge in [0.2, 0.25) is 0 Å². The van der Waals surface area contributed by atoms with Crippen LogP contribution in [0.1, 0.15) is 32.6 Å². The summed E-state index contributed by atoms with van der Waals surface area (Å²) < 4.78 is 147. The van der Waals surface area contributed by atoms with Crippen LogP contribution in [-0.2, 0) is 22.9 Å². The molecule has 260 valence electrons. The topological polar surface area (TPSA) is 94.1 Å². The van der Waals surface area contributed by atoms with Crippen LogP contribution in [0.15, 0.2) is 91.0 Å². The molecular weight excluding hydrogens is 684 g/mol. The molecule has 17 heteroatoms. The molecule has 4 aromatic rings. The zero-order chi connectivity index (χ0) is 36.2. The Hall–Kier alpha value is -5.48. The second-order valence-corrected chi connectivity index (χ2v) is 10.2. The van der Waals surface area contributed by atoms with E-state index in [0.29, 0.717) is 12.1 Å². The van der Waals surface area contributed by atoms with Gasteiger partial charge in [0.1, 0.15) is 23.1 Å². The number of hydrogen-bond donors (Lipinski definition) is 2. The number of ether oxygens (including phenoxy) is 3. The van der Waals surface area contributed by atoms with E-state index in [0.717, 1.165) is 36.4 Å². The Kier molecular flexibility index (Phi) is 10.3. The summed E-state index contributed by atoms with van der Waals surface area (Å²) in [6, 6.07) is 14.4. The fraction of sp³-hybridized carbons (Fsp3) is 0.188. The first kappa shape index (κ1) is 36.4. The number of carbonyl (C=O) groups is 2. The number of rotatable bonds is 11. The van der Waals surface area contributed by atoms with Crippen molar-refractivity contribution in [2.45, 2.75) is 30.9 Å². The average Bonchev–Trinajstić information content (AvgIpc) is 2.98. The first-order valence-corrected chi connectivity index (χ1v) is 13.6. The molecule has 0 aliphatic rings. The predicted octanol–water partition coefficient (Wildman–Crippen LogP) is 8.02. The molecule has 0 unspecified atom stereocenters. The molecule has 0 saturated heterocycles. The fourth-order valence-electron chi connectivity index (χ4n) is 4.78. The summed E-state index contributed by atoms with van der Waals surface area (Å²) >= 11 is 0. The van der Waals surface area contributed by atoms with E-state index in [-0.39, 0.29) is 28.5 Å². The van der Waals surface area contributed by atoms with Crippen molar-refractivity contribution >= 4 is 11.9 Å². The first-order chi connectivity index (χ1) is 22.7. The van der Waals surface area contributed by atoms with E-state index in [1.807, 2.05) is 0 Å². The Morgan fingerprint density at radius 3 is 1.67 bits per heavy atom. The van der Waals surface area contributed by atoms with Crippen molar-refractivity contribution in [3.05, 3.63) is 125 Å². The van der Waals surface area contributed by atoms with E-state index in [9.17, 15) is 53.5 Å². The van der Waals surface area contributed by atoms with Crippen molar-refractivity contribution in [3.8, 4) is 17.2 Å². The minimum absolute atomic E-state index is 0.0490. The number of aliphatic carboxylic acids is 1. The van der Waals surface area contributed by atoms with E-state index in [4.69, 9.17) is 9.84 Å². The highest BCUT2D eigenvalue weighted by molar-refractivity contribution is 5.95. The molecule has 7 nitrogen and oxygen atoms in total. The second-order valence-electron chi connectivity index (χ2n) is 10.2. The minimum atomic E-state index is -5.24. The second kappa shape index (κ2) is 13.9. The molecule has 1 amide bonds. The number of carbonyl (C=O) groups excluding carboxylic acids is 1. The first-order valence-electron chi connectivity index (χ1n) is 13.6. The van der Waals surface area contributed by atoms with Gasteiger partial charge in [0.05, 0.1) is 11.1 Å². The number of alkyl halides is 9. The van der Waals surface area contributed by atoms with Gasteiger partial charge in [-0.3, -0.25) is 4.79 Å². The fourth-order valence-corrected chi connectivity index (χ4v) is 4.78. The number of benzene rings is 4. The van der Waals surface area contributed by atoms with Crippen LogP contribution in [-0.4, -0.2) is 36.3 Å². The van der Waals surface area contributed by atoms with Crippen LogP contribution in [0, 0.1) is 5.82 Å². The molecular formula is C32H21F10NO6. The van der Waals surface area contributed by atoms with Crippen LogP contribution < -0.4 is 19.5 Å². The number of carboxylic acids is 1. The summed E-state index contributed by atoms with van der Waals surface area (Å²) in [7, 11) is 0. The number of nitrogens with one attached hydrogen (secondary N) is 1. The molecule has 4 aromatic carbocycles. The maximum absolute atomic E-state index is 14.1. The molecule has 0 aliphatic heterocycles. The zero-order valence-corrected chi connectivity index (χ0v) is 24.3. The molecule has 0 aromatic heterocycles. The highest BCUT2D eigenvalue weighted by Gasteiger charge is 2.40. The molecule has 49 heavy (non-hydrogen) atoms. The van der Waals surface area contributed by atoms with E-state index < -0.39 is 77.8 Å². The lowest BCUT2D eigenvalue weighted by Crippen LogP contribution is -2.48. The van der Waals surface area contributed by atoms with Crippen LogP contribution in [0.2, 0.25) is 0 Å². The van der Waals surface area contributed by atoms with Crippen molar-refractivity contribution < 1.29 is 72.8 Å². The van der Waals surface area contributed by atoms with Crippen LogP contribution >= 0.6 is 0 Å². The molecule has 0 aliphatic carbocycles. The predicted molar refractivity (Wildman–Crippen MR) is 149 cm³/mol. The summed E-state index contributed by atoms with van der Waals surface area (Å²) in [5.74, 6) is -5.96. The Labute approximate surface area is 269 Å². The summed E-state index contributed by atoms with van der Waals surface area (Å²) in [4.78, 5) is 24.6. The van der Waals surface area contributed by atoms with Gasteiger partial charge in [-0.1, -0.05) is 36.4 Å². The molecule has 0 saturated carbocycles.